The summed E-state index contributed by atoms with van der Waals surface area (Å²) < 4.78 is 0. The van der Waals surface area contributed by atoms with Gasteiger partial charge in [-0.05, 0) is 36.8 Å². The van der Waals surface area contributed by atoms with Crippen LogP contribution < -0.4 is 10.6 Å². The summed E-state index contributed by atoms with van der Waals surface area (Å²) in [4.78, 5) is 32.9. The number of rotatable bonds is 6. The Morgan fingerprint density at radius 3 is 2.62 bits per heavy atom. The van der Waals surface area contributed by atoms with Crippen molar-refractivity contribution in [2.45, 2.75) is 64.1 Å². The molecular weight excluding hydrogens is 517 g/mol. The first-order valence-corrected chi connectivity index (χ1v) is 11.7. The molecular formula is C24H36IN5O2. The van der Waals surface area contributed by atoms with E-state index in [-0.39, 0.29) is 41.8 Å². The van der Waals surface area contributed by atoms with Crippen molar-refractivity contribution in [1.29, 1.82) is 0 Å². The average Bonchev–Trinajstić information content (AvgIpc) is 3.54. The Bertz CT molecular complexity index is 824. The van der Waals surface area contributed by atoms with Crippen molar-refractivity contribution in [1.82, 2.24) is 20.4 Å². The molecule has 0 spiro atoms. The van der Waals surface area contributed by atoms with E-state index >= 15 is 0 Å². The number of hydrogen-bond acceptors (Lipinski definition) is 3. The first-order valence-electron chi connectivity index (χ1n) is 11.7. The molecule has 2 N–H and O–H groups in total. The fraction of sp³-hybridized carbons (Fsp3) is 0.625. The Kier molecular flexibility index (Phi) is 9.19. The van der Waals surface area contributed by atoms with E-state index in [0.29, 0.717) is 25.4 Å². The van der Waals surface area contributed by atoms with Gasteiger partial charge in [0.2, 0.25) is 11.8 Å². The molecule has 2 amide bonds. The lowest BCUT2D eigenvalue weighted by Crippen LogP contribution is -2.45. The molecule has 8 heteroatoms. The minimum absolute atomic E-state index is 0. The summed E-state index contributed by atoms with van der Waals surface area (Å²) in [6, 6.07) is 8.61. The summed E-state index contributed by atoms with van der Waals surface area (Å²) in [5.74, 6) is 1.61. The highest BCUT2D eigenvalue weighted by molar-refractivity contribution is 14.0. The Balaban J connectivity index is 0.00000289. The second-order valence-electron chi connectivity index (χ2n) is 9.06. The second-order valence-corrected chi connectivity index (χ2v) is 9.06. The monoisotopic (exact) mass is 553 g/mol. The molecule has 32 heavy (non-hydrogen) atoms. The van der Waals surface area contributed by atoms with Crippen LogP contribution in [0.5, 0.6) is 0 Å². The van der Waals surface area contributed by atoms with Gasteiger partial charge in [-0.25, -0.2) is 0 Å². The molecule has 2 heterocycles. The number of benzene rings is 1. The summed E-state index contributed by atoms with van der Waals surface area (Å²) in [5, 5.41) is 6.88. The van der Waals surface area contributed by atoms with Crippen molar-refractivity contribution in [3.05, 3.63) is 35.4 Å². The molecule has 176 valence electrons. The molecule has 2 saturated heterocycles. The quantitative estimate of drug-likeness (QED) is 0.323. The molecule has 1 atom stereocenters. The maximum Gasteiger partial charge on any atom is 0.225 e. The Morgan fingerprint density at radius 1 is 1.12 bits per heavy atom. The van der Waals surface area contributed by atoms with Gasteiger partial charge in [0, 0.05) is 58.2 Å². The number of likely N-dealkylation sites (tertiary alicyclic amines) is 2. The molecule has 3 aliphatic rings. The van der Waals surface area contributed by atoms with E-state index in [1.54, 1.807) is 7.05 Å². The first kappa shape index (κ1) is 24.8. The maximum atomic E-state index is 12.7. The van der Waals surface area contributed by atoms with Gasteiger partial charge in [-0.15, -0.1) is 24.0 Å². The van der Waals surface area contributed by atoms with Gasteiger partial charge in [0.05, 0.1) is 0 Å². The van der Waals surface area contributed by atoms with Gasteiger partial charge in [-0.2, -0.15) is 0 Å². The standard InChI is InChI=1S/C24H35N5O2.HI/c1-25-24(27-21-11-13-29(17-21)23(31)20-8-2-3-9-20)26-15-18-6-4-7-19(14-18)16-28-12-5-10-22(28)30;/h4,6-7,14,20-21H,2-3,5,8-13,15-17H2,1H3,(H2,25,26,27);1H. The summed E-state index contributed by atoms with van der Waals surface area (Å²) >= 11 is 0. The van der Waals surface area contributed by atoms with Gasteiger partial charge in [-0.3, -0.25) is 14.6 Å². The first-order chi connectivity index (χ1) is 15.1. The van der Waals surface area contributed by atoms with Gasteiger partial charge in [0.1, 0.15) is 0 Å². The number of nitrogens with zero attached hydrogens (tertiary/aromatic N) is 3. The third-order valence-electron chi connectivity index (χ3n) is 6.76. The Labute approximate surface area is 208 Å². The van der Waals surface area contributed by atoms with Crippen molar-refractivity contribution in [3.8, 4) is 0 Å². The van der Waals surface area contributed by atoms with E-state index in [2.05, 4.69) is 33.8 Å². The number of amides is 2. The van der Waals surface area contributed by atoms with Crippen LogP contribution in [0.15, 0.2) is 29.3 Å². The summed E-state index contributed by atoms with van der Waals surface area (Å²) in [6.07, 6.45) is 7.10. The number of hydrogen-bond donors (Lipinski definition) is 2. The highest BCUT2D eigenvalue weighted by atomic mass is 127. The number of aliphatic imine (C=N–C) groups is 1. The highest BCUT2D eigenvalue weighted by Gasteiger charge is 2.32. The zero-order valence-corrected chi connectivity index (χ0v) is 21.3. The van der Waals surface area contributed by atoms with Crippen LogP contribution in [-0.2, 0) is 22.7 Å². The summed E-state index contributed by atoms with van der Waals surface area (Å²) in [5.41, 5.74) is 2.32. The predicted octanol–water partition coefficient (Wildman–Crippen LogP) is 2.88. The molecule has 1 unspecified atom stereocenters. The van der Waals surface area contributed by atoms with Gasteiger partial charge in [0.25, 0.3) is 0 Å². The van der Waals surface area contributed by atoms with Crippen molar-refractivity contribution in [2.24, 2.45) is 10.9 Å². The fourth-order valence-electron chi connectivity index (χ4n) is 5.01. The lowest BCUT2D eigenvalue weighted by molar-refractivity contribution is -0.134. The Hall–Kier alpha value is -1.84. The van der Waals surface area contributed by atoms with Crippen LogP contribution in [0.3, 0.4) is 0 Å². The van der Waals surface area contributed by atoms with Crippen molar-refractivity contribution in [3.63, 3.8) is 0 Å². The van der Waals surface area contributed by atoms with Crippen molar-refractivity contribution < 1.29 is 9.59 Å². The normalized spacial score (nSPS) is 21.7. The maximum absolute atomic E-state index is 12.7. The molecule has 0 radical (unpaired) electrons. The van der Waals surface area contributed by atoms with Gasteiger partial charge >= 0.3 is 0 Å². The molecule has 1 aromatic rings. The Morgan fingerprint density at radius 2 is 1.91 bits per heavy atom. The van der Waals surface area contributed by atoms with Crippen LogP contribution in [0.4, 0.5) is 0 Å². The average molecular weight is 553 g/mol. The highest BCUT2D eigenvalue weighted by Crippen LogP contribution is 2.27. The zero-order chi connectivity index (χ0) is 21.6. The van der Waals surface area contributed by atoms with Gasteiger partial charge in [0.15, 0.2) is 5.96 Å². The van der Waals surface area contributed by atoms with Crippen LogP contribution in [-0.4, -0.2) is 60.3 Å². The lowest BCUT2D eigenvalue weighted by Gasteiger charge is -2.21. The van der Waals surface area contributed by atoms with Gasteiger partial charge in [-0.1, -0.05) is 37.1 Å². The van der Waals surface area contributed by atoms with E-state index in [9.17, 15) is 9.59 Å². The van der Waals surface area contributed by atoms with Crippen LogP contribution in [0.1, 0.15) is 56.1 Å². The molecule has 7 nitrogen and oxygen atoms in total. The molecule has 2 aliphatic heterocycles. The number of halogens is 1. The van der Waals surface area contributed by atoms with Gasteiger partial charge < -0.3 is 20.4 Å². The van der Waals surface area contributed by atoms with Crippen LogP contribution in [0, 0.1) is 5.92 Å². The van der Waals surface area contributed by atoms with Crippen LogP contribution >= 0.6 is 24.0 Å². The third kappa shape index (κ3) is 6.36. The smallest absolute Gasteiger partial charge is 0.225 e. The summed E-state index contributed by atoms with van der Waals surface area (Å²) in [6.45, 7) is 3.81. The van der Waals surface area contributed by atoms with Crippen LogP contribution in [0.25, 0.3) is 0 Å². The third-order valence-corrected chi connectivity index (χ3v) is 6.76. The lowest BCUT2D eigenvalue weighted by atomic mass is 10.1. The molecule has 1 saturated carbocycles. The second kappa shape index (κ2) is 11.9. The molecule has 3 fully saturated rings. The molecule has 0 aromatic heterocycles. The minimum atomic E-state index is 0. The fourth-order valence-corrected chi connectivity index (χ4v) is 5.01. The zero-order valence-electron chi connectivity index (χ0n) is 19.0. The largest absolute Gasteiger partial charge is 0.352 e. The molecule has 1 aliphatic carbocycles. The number of nitrogens with one attached hydrogen (secondary N) is 2. The van der Waals surface area contributed by atoms with E-state index in [0.717, 1.165) is 62.4 Å². The number of carbonyl (C=O) groups excluding carboxylic acids is 2. The molecule has 1 aromatic carbocycles. The van der Waals surface area contributed by atoms with Crippen LogP contribution in [0.2, 0.25) is 0 Å². The topological polar surface area (TPSA) is 77.0 Å². The van der Waals surface area contributed by atoms with E-state index in [1.807, 2.05) is 15.9 Å². The van der Waals surface area contributed by atoms with Crippen molar-refractivity contribution >= 4 is 41.8 Å². The minimum Gasteiger partial charge on any atom is -0.352 e. The summed E-state index contributed by atoms with van der Waals surface area (Å²) in [7, 11) is 1.78. The molecule has 4 rings (SSSR count). The van der Waals surface area contributed by atoms with E-state index in [4.69, 9.17) is 0 Å². The van der Waals surface area contributed by atoms with Crippen molar-refractivity contribution in [2.75, 3.05) is 26.7 Å². The SMILES string of the molecule is CN=C(NCc1cccc(CN2CCCC2=O)c1)NC1CCN(C(=O)C2CCCC2)C1.I. The number of carbonyl (C=O) groups is 2. The van der Waals surface area contributed by atoms with E-state index < -0.39 is 0 Å². The molecule has 0 bridgehead atoms. The van der Waals surface area contributed by atoms with E-state index in [1.165, 1.54) is 12.8 Å². The predicted molar refractivity (Wildman–Crippen MR) is 137 cm³/mol. The number of guanidine groups is 1.